The van der Waals surface area contributed by atoms with Gasteiger partial charge in [0.2, 0.25) is 0 Å². The Morgan fingerprint density at radius 2 is 2.00 bits per heavy atom. The zero-order valence-corrected chi connectivity index (χ0v) is 13.1. The van der Waals surface area contributed by atoms with E-state index < -0.39 is 5.60 Å². The number of hydrogen-bond donors (Lipinski definition) is 1. The molecule has 1 amide bonds. The van der Waals surface area contributed by atoms with Gasteiger partial charge in [0.1, 0.15) is 5.60 Å². The number of benzene rings is 1. The summed E-state index contributed by atoms with van der Waals surface area (Å²) >= 11 is 0. The molecule has 2 unspecified atom stereocenters. The van der Waals surface area contributed by atoms with E-state index in [-0.39, 0.29) is 24.7 Å². The minimum Gasteiger partial charge on any atom is -0.444 e. The average molecular weight is 291 g/mol. The lowest BCUT2D eigenvalue weighted by molar-refractivity contribution is -0.00272. The largest absolute Gasteiger partial charge is 0.444 e. The highest BCUT2D eigenvalue weighted by molar-refractivity contribution is 5.69. The van der Waals surface area contributed by atoms with Crippen LogP contribution in [0.3, 0.4) is 0 Å². The summed E-state index contributed by atoms with van der Waals surface area (Å²) in [6.45, 7) is 6.18. The molecule has 1 N–H and O–H groups in total. The van der Waals surface area contributed by atoms with Gasteiger partial charge in [-0.15, -0.1) is 0 Å². The number of hydrogen-bond acceptors (Lipinski definition) is 3. The number of piperidine rings is 1. The maximum Gasteiger partial charge on any atom is 0.410 e. The van der Waals surface area contributed by atoms with Gasteiger partial charge < -0.3 is 14.7 Å². The fraction of sp³-hybridized carbons (Fsp3) is 0.588. The summed E-state index contributed by atoms with van der Waals surface area (Å²) in [6, 6.07) is 9.88. The third-order valence-corrected chi connectivity index (χ3v) is 3.82. The number of amides is 1. The number of nitrogens with zero attached hydrogens (tertiary/aromatic N) is 1. The molecule has 0 saturated carbocycles. The molecule has 0 radical (unpaired) electrons. The standard InChI is InChI=1S/C17H25NO3/c1-17(2,3)21-16(20)18-11-7-10-14(15(18)12-19)13-8-5-4-6-9-13/h4-6,8-9,14-15,19H,7,10-12H2,1-3H3. The molecule has 0 bridgehead atoms. The van der Waals surface area contributed by atoms with E-state index >= 15 is 0 Å². The Morgan fingerprint density at radius 1 is 1.33 bits per heavy atom. The van der Waals surface area contributed by atoms with Gasteiger partial charge in [-0.2, -0.15) is 0 Å². The lowest BCUT2D eigenvalue weighted by Crippen LogP contribution is -2.51. The summed E-state index contributed by atoms with van der Waals surface area (Å²) in [5.41, 5.74) is 0.654. The van der Waals surface area contributed by atoms with Crippen molar-refractivity contribution >= 4 is 6.09 Å². The minimum atomic E-state index is -0.517. The van der Waals surface area contributed by atoms with Crippen molar-refractivity contribution in [2.75, 3.05) is 13.2 Å². The molecule has 2 rings (SSSR count). The average Bonchev–Trinajstić information content (AvgIpc) is 2.45. The number of likely N-dealkylation sites (tertiary alicyclic amines) is 1. The second-order valence-electron chi connectivity index (χ2n) is 6.58. The van der Waals surface area contributed by atoms with Crippen LogP contribution in [0.2, 0.25) is 0 Å². The van der Waals surface area contributed by atoms with Crippen molar-refractivity contribution in [2.24, 2.45) is 0 Å². The molecule has 116 valence electrons. The van der Waals surface area contributed by atoms with E-state index in [1.165, 1.54) is 5.56 Å². The van der Waals surface area contributed by atoms with Crippen LogP contribution in [0, 0.1) is 0 Å². The van der Waals surface area contributed by atoms with E-state index in [2.05, 4.69) is 12.1 Å². The lowest BCUT2D eigenvalue weighted by Gasteiger charge is -2.41. The van der Waals surface area contributed by atoms with Gasteiger partial charge in [-0.3, -0.25) is 0 Å². The number of aliphatic hydroxyl groups is 1. The van der Waals surface area contributed by atoms with Crippen LogP contribution in [0.4, 0.5) is 4.79 Å². The predicted molar refractivity (Wildman–Crippen MR) is 82.2 cm³/mol. The first-order valence-corrected chi connectivity index (χ1v) is 7.58. The molecule has 4 nitrogen and oxygen atoms in total. The fourth-order valence-electron chi connectivity index (χ4n) is 2.92. The highest BCUT2D eigenvalue weighted by atomic mass is 16.6. The summed E-state index contributed by atoms with van der Waals surface area (Å²) < 4.78 is 5.47. The predicted octanol–water partition coefficient (Wildman–Crippen LogP) is 3.16. The number of ether oxygens (including phenoxy) is 1. The summed E-state index contributed by atoms with van der Waals surface area (Å²) in [5.74, 6) is 0.164. The highest BCUT2D eigenvalue weighted by Crippen LogP contribution is 2.33. The molecule has 1 saturated heterocycles. The van der Waals surface area contributed by atoms with Crippen LogP contribution in [0.1, 0.15) is 45.1 Å². The van der Waals surface area contributed by atoms with Gasteiger partial charge in [-0.25, -0.2) is 4.79 Å². The molecular weight excluding hydrogens is 266 g/mol. The molecule has 1 fully saturated rings. The minimum absolute atomic E-state index is 0.0429. The van der Waals surface area contributed by atoms with Gasteiger partial charge in [-0.05, 0) is 39.2 Å². The molecule has 1 aliphatic heterocycles. The first-order valence-electron chi connectivity index (χ1n) is 7.58. The zero-order valence-electron chi connectivity index (χ0n) is 13.1. The van der Waals surface area contributed by atoms with Crippen molar-refractivity contribution in [2.45, 2.75) is 51.2 Å². The molecule has 0 spiro atoms. The Labute approximate surface area is 126 Å². The number of carbonyl (C=O) groups excluding carboxylic acids is 1. The van der Waals surface area contributed by atoms with Gasteiger partial charge in [0, 0.05) is 12.5 Å². The lowest BCUT2D eigenvalue weighted by atomic mass is 9.84. The fourth-order valence-corrected chi connectivity index (χ4v) is 2.92. The molecule has 2 atom stereocenters. The van der Waals surface area contributed by atoms with E-state index in [0.717, 1.165) is 12.8 Å². The second kappa shape index (κ2) is 6.48. The third kappa shape index (κ3) is 3.97. The number of rotatable bonds is 2. The van der Waals surface area contributed by atoms with E-state index in [0.29, 0.717) is 6.54 Å². The molecule has 4 heteroatoms. The molecular formula is C17H25NO3. The van der Waals surface area contributed by atoms with Gasteiger partial charge in [0.15, 0.2) is 0 Å². The monoisotopic (exact) mass is 291 g/mol. The van der Waals surface area contributed by atoms with Gasteiger partial charge in [0.25, 0.3) is 0 Å². The number of aliphatic hydroxyl groups excluding tert-OH is 1. The van der Waals surface area contributed by atoms with Crippen LogP contribution in [0.5, 0.6) is 0 Å². The molecule has 21 heavy (non-hydrogen) atoms. The summed E-state index contributed by atoms with van der Waals surface area (Å²) in [4.78, 5) is 14.0. The third-order valence-electron chi connectivity index (χ3n) is 3.82. The highest BCUT2D eigenvalue weighted by Gasteiger charge is 2.36. The molecule has 1 heterocycles. The summed E-state index contributed by atoms with van der Waals surface area (Å²) in [5, 5.41) is 9.79. The van der Waals surface area contributed by atoms with Crippen molar-refractivity contribution in [3.63, 3.8) is 0 Å². The van der Waals surface area contributed by atoms with Crippen LogP contribution in [-0.2, 0) is 4.74 Å². The molecule has 1 aromatic carbocycles. The molecule has 0 aliphatic carbocycles. The smallest absolute Gasteiger partial charge is 0.410 e. The maximum atomic E-state index is 12.4. The molecule has 1 aromatic rings. The van der Waals surface area contributed by atoms with E-state index in [4.69, 9.17) is 4.74 Å². The van der Waals surface area contributed by atoms with Crippen LogP contribution in [-0.4, -0.2) is 40.9 Å². The topological polar surface area (TPSA) is 49.8 Å². The van der Waals surface area contributed by atoms with E-state index in [9.17, 15) is 9.90 Å². The first kappa shape index (κ1) is 15.8. The van der Waals surface area contributed by atoms with Crippen LogP contribution in [0.15, 0.2) is 30.3 Å². The Kier molecular flexibility index (Phi) is 4.88. The number of carbonyl (C=O) groups is 1. The van der Waals surface area contributed by atoms with Gasteiger partial charge in [-0.1, -0.05) is 30.3 Å². The quantitative estimate of drug-likeness (QED) is 0.910. The molecule has 0 aromatic heterocycles. The first-order chi connectivity index (χ1) is 9.92. The Balaban J connectivity index is 2.17. The van der Waals surface area contributed by atoms with Crippen LogP contribution in [0.25, 0.3) is 0 Å². The van der Waals surface area contributed by atoms with Crippen molar-refractivity contribution in [3.8, 4) is 0 Å². The SMILES string of the molecule is CC(C)(C)OC(=O)N1CCCC(c2ccccc2)C1CO. The Hall–Kier alpha value is -1.55. The van der Waals surface area contributed by atoms with E-state index in [1.807, 2.05) is 39.0 Å². The second-order valence-corrected chi connectivity index (χ2v) is 6.58. The van der Waals surface area contributed by atoms with Crippen LogP contribution < -0.4 is 0 Å². The van der Waals surface area contributed by atoms with Crippen molar-refractivity contribution < 1.29 is 14.6 Å². The maximum absolute atomic E-state index is 12.4. The van der Waals surface area contributed by atoms with E-state index in [1.54, 1.807) is 4.90 Å². The van der Waals surface area contributed by atoms with Crippen molar-refractivity contribution in [1.82, 2.24) is 4.90 Å². The zero-order chi connectivity index (χ0) is 15.5. The normalized spacial score (nSPS) is 23.0. The Morgan fingerprint density at radius 3 is 2.57 bits per heavy atom. The van der Waals surface area contributed by atoms with Crippen molar-refractivity contribution in [3.05, 3.63) is 35.9 Å². The van der Waals surface area contributed by atoms with Gasteiger partial charge >= 0.3 is 6.09 Å². The Bertz CT molecular complexity index is 467. The molecule has 1 aliphatic rings. The van der Waals surface area contributed by atoms with Gasteiger partial charge in [0.05, 0.1) is 12.6 Å². The van der Waals surface area contributed by atoms with Crippen molar-refractivity contribution in [1.29, 1.82) is 0 Å². The van der Waals surface area contributed by atoms with Crippen LogP contribution >= 0.6 is 0 Å². The summed E-state index contributed by atoms with van der Waals surface area (Å²) in [6.07, 6.45) is 1.58. The summed E-state index contributed by atoms with van der Waals surface area (Å²) in [7, 11) is 0.